The van der Waals surface area contributed by atoms with E-state index in [0.717, 1.165) is 0 Å². The standard InChI is InChI=1S/C9H15NO2S/c1-4-9(2,3)10-5-7-13(11,12)8-6-10/h1H,5-8H2,2-3H3. The number of terminal acetylenes is 1. The van der Waals surface area contributed by atoms with E-state index in [9.17, 15) is 8.42 Å². The number of hydrogen-bond acceptors (Lipinski definition) is 3. The van der Waals surface area contributed by atoms with Crippen molar-refractivity contribution in [3.05, 3.63) is 0 Å². The van der Waals surface area contributed by atoms with Crippen molar-refractivity contribution in [2.75, 3.05) is 24.6 Å². The minimum Gasteiger partial charge on any atom is -0.286 e. The molecule has 0 N–H and O–H groups in total. The molecule has 0 amide bonds. The number of nitrogens with zero attached hydrogens (tertiary/aromatic N) is 1. The van der Waals surface area contributed by atoms with Crippen LogP contribution in [-0.4, -0.2) is 43.5 Å². The first-order valence-corrected chi connectivity index (χ1v) is 6.13. The summed E-state index contributed by atoms with van der Waals surface area (Å²) < 4.78 is 22.3. The lowest BCUT2D eigenvalue weighted by Crippen LogP contribution is -2.50. The predicted molar refractivity (Wildman–Crippen MR) is 53.1 cm³/mol. The van der Waals surface area contributed by atoms with Crippen molar-refractivity contribution in [1.82, 2.24) is 4.90 Å². The minimum atomic E-state index is -2.79. The fraction of sp³-hybridized carbons (Fsp3) is 0.778. The highest BCUT2D eigenvalue weighted by Crippen LogP contribution is 2.16. The van der Waals surface area contributed by atoms with Crippen molar-refractivity contribution in [2.24, 2.45) is 0 Å². The van der Waals surface area contributed by atoms with Crippen LogP contribution in [-0.2, 0) is 9.84 Å². The lowest BCUT2D eigenvalue weighted by Gasteiger charge is -2.36. The topological polar surface area (TPSA) is 37.4 Å². The van der Waals surface area contributed by atoms with Crippen LogP contribution in [0.4, 0.5) is 0 Å². The van der Waals surface area contributed by atoms with Gasteiger partial charge >= 0.3 is 0 Å². The van der Waals surface area contributed by atoms with Gasteiger partial charge in [-0.2, -0.15) is 0 Å². The molecule has 1 aliphatic rings. The van der Waals surface area contributed by atoms with Gasteiger partial charge in [-0.25, -0.2) is 8.42 Å². The predicted octanol–water partition coefficient (Wildman–Crippen LogP) is 0.129. The molecule has 0 bridgehead atoms. The van der Waals surface area contributed by atoms with E-state index in [1.807, 2.05) is 18.7 Å². The molecule has 1 heterocycles. The molecule has 1 fully saturated rings. The van der Waals surface area contributed by atoms with E-state index in [1.165, 1.54) is 0 Å². The van der Waals surface area contributed by atoms with Gasteiger partial charge in [-0.05, 0) is 13.8 Å². The van der Waals surface area contributed by atoms with Crippen LogP contribution < -0.4 is 0 Å². The number of rotatable bonds is 1. The Morgan fingerprint density at radius 3 is 2.15 bits per heavy atom. The van der Waals surface area contributed by atoms with Crippen molar-refractivity contribution in [2.45, 2.75) is 19.4 Å². The van der Waals surface area contributed by atoms with Gasteiger partial charge in [0.15, 0.2) is 9.84 Å². The van der Waals surface area contributed by atoms with E-state index >= 15 is 0 Å². The first kappa shape index (κ1) is 10.6. The zero-order valence-corrected chi connectivity index (χ0v) is 8.89. The molecule has 0 aromatic heterocycles. The third-order valence-corrected chi connectivity index (χ3v) is 4.10. The largest absolute Gasteiger partial charge is 0.286 e. The monoisotopic (exact) mass is 201 g/mol. The number of hydrogen-bond donors (Lipinski definition) is 0. The summed E-state index contributed by atoms with van der Waals surface area (Å²) in [7, 11) is -2.79. The average molecular weight is 201 g/mol. The van der Waals surface area contributed by atoms with Gasteiger partial charge in [-0.1, -0.05) is 5.92 Å². The van der Waals surface area contributed by atoms with Crippen molar-refractivity contribution >= 4 is 9.84 Å². The Kier molecular flexibility index (Phi) is 2.69. The molecule has 3 nitrogen and oxygen atoms in total. The van der Waals surface area contributed by atoms with Crippen LogP contribution in [0.25, 0.3) is 0 Å². The molecule has 74 valence electrons. The fourth-order valence-corrected chi connectivity index (χ4v) is 2.56. The molecular formula is C9H15NO2S. The van der Waals surface area contributed by atoms with Crippen molar-refractivity contribution in [1.29, 1.82) is 0 Å². The highest BCUT2D eigenvalue weighted by atomic mass is 32.2. The summed E-state index contributed by atoms with van der Waals surface area (Å²) in [5, 5.41) is 0. The van der Waals surface area contributed by atoms with Gasteiger partial charge in [0.1, 0.15) is 0 Å². The molecule has 0 unspecified atom stereocenters. The summed E-state index contributed by atoms with van der Waals surface area (Å²) in [6.45, 7) is 4.98. The Morgan fingerprint density at radius 2 is 1.77 bits per heavy atom. The average Bonchev–Trinajstić information content (AvgIpc) is 2.04. The SMILES string of the molecule is C#CC(C)(C)N1CCS(=O)(=O)CC1. The highest BCUT2D eigenvalue weighted by Gasteiger charge is 2.30. The van der Waals surface area contributed by atoms with E-state index in [2.05, 4.69) is 5.92 Å². The molecule has 0 aromatic rings. The first-order valence-electron chi connectivity index (χ1n) is 4.31. The normalized spacial score (nSPS) is 23.8. The highest BCUT2D eigenvalue weighted by molar-refractivity contribution is 7.91. The van der Waals surface area contributed by atoms with Crippen molar-refractivity contribution in [3.63, 3.8) is 0 Å². The summed E-state index contributed by atoms with van der Waals surface area (Å²) in [5.41, 5.74) is -0.323. The van der Waals surface area contributed by atoms with Crippen LogP contribution in [0.3, 0.4) is 0 Å². The Bertz CT molecular complexity index is 310. The van der Waals surface area contributed by atoms with Crippen LogP contribution in [0, 0.1) is 12.3 Å². The quantitative estimate of drug-likeness (QED) is 0.566. The molecule has 1 rings (SSSR count). The lowest BCUT2D eigenvalue weighted by molar-refractivity contribution is 0.185. The van der Waals surface area contributed by atoms with Gasteiger partial charge in [-0.3, -0.25) is 4.90 Å². The Labute approximate surface area is 80.0 Å². The third kappa shape index (κ3) is 2.45. The van der Waals surface area contributed by atoms with Gasteiger partial charge < -0.3 is 0 Å². The molecule has 4 heteroatoms. The molecule has 0 radical (unpaired) electrons. The van der Waals surface area contributed by atoms with E-state index in [-0.39, 0.29) is 17.0 Å². The molecule has 13 heavy (non-hydrogen) atoms. The maximum Gasteiger partial charge on any atom is 0.152 e. The molecule has 0 saturated carbocycles. The lowest BCUT2D eigenvalue weighted by atomic mass is 10.0. The van der Waals surface area contributed by atoms with Gasteiger partial charge in [-0.15, -0.1) is 6.42 Å². The van der Waals surface area contributed by atoms with Gasteiger partial charge in [0.2, 0.25) is 0 Å². The maximum absolute atomic E-state index is 11.1. The van der Waals surface area contributed by atoms with E-state index in [4.69, 9.17) is 6.42 Å². The summed E-state index contributed by atoms with van der Waals surface area (Å²) in [4.78, 5) is 2.04. The second kappa shape index (κ2) is 3.32. The Morgan fingerprint density at radius 1 is 1.31 bits per heavy atom. The first-order chi connectivity index (χ1) is 5.87. The van der Waals surface area contributed by atoms with Crippen molar-refractivity contribution in [3.8, 4) is 12.3 Å². The molecule has 0 aromatic carbocycles. The van der Waals surface area contributed by atoms with Crippen LogP contribution >= 0.6 is 0 Å². The van der Waals surface area contributed by atoms with Gasteiger partial charge in [0, 0.05) is 13.1 Å². The smallest absolute Gasteiger partial charge is 0.152 e. The molecule has 1 saturated heterocycles. The van der Waals surface area contributed by atoms with Crippen LogP contribution in [0.1, 0.15) is 13.8 Å². The minimum absolute atomic E-state index is 0.234. The van der Waals surface area contributed by atoms with E-state index in [0.29, 0.717) is 13.1 Å². The molecule has 0 atom stereocenters. The molecule has 0 spiro atoms. The Hall–Kier alpha value is -0.530. The zero-order valence-electron chi connectivity index (χ0n) is 8.08. The molecular weight excluding hydrogens is 186 g/mol. The fourth-order valence-electron chi connectivity index (χ4n) is 1.36. The zero-order chi connectivity index (χ0) is 10.1. The summed E-state index contributed by atoms with van der Waals surface area (Å²) in [6, 6.07) is 0. The van der Waals surface area contributed by atoms with E-state index in [1.54, 1.807) is 0 Å². The van der Waals surface area contributed by atoms with E-state index < -0.39 is 9.84 Å². The summed E-state index contributed by atoms with van der Waals surface area (Å²) in [6.07, 6.45) is 5.36. The Balaban J connectivity index is 2.67. The van der Waals surface area contributed by atoms with Crippen LogP contribution in [0.5, 0.6) is 0 Å². The van der Waals surface area contributed by atoms with Crippen LogP contribution in [0.15, 0.2) is 0 Å². The van der Waals surface area contributed by atoms with Crippen LogP contribution in [0.2, 0.25) is 0 Å². The molecule has 0 aliphatic carbocycles. The summed E-state index contributed by atoms with van der Waals surface area (Å²) in [5.74, 6) is 3.14. The van der Waals surface area contributed by atoms with Gasteiger partial charge in [0.25, 0.3) is 0 Å². The second-order valence-electron chi connectivity index (χ2n) is 3.84. The number of sulfone groups is 1. The second-order valence-corrected chi connectivity index (χ2v) is 6.15. The van der Waals surface area contributed by atoms with Gasteiger partial charge in [0.05, 0.1) is 17.0 Å². The molecule has 1 aliphatic heterocycles. The summed E-state index contributed by atoms with van der Waals surface area (Å²) >= 11 is 0. The maximum atomic E-state index is 11.1. The van der Waals surface area contributed by atoms with Crippen molar-refractivity contribution < 1.29 is 8.42 Å². The third-order valence-electron chi connectivity index (χ3n) is 2.49.